The van der Waals surface area contributed by atoms with Gasteiger partial charge in [-0.25, -0.2) is 8.78 Å². The van der Waals surface area contributed by atoms with Gasteiger partial charge in [-0.05, 0) is 11.6 Å². The number of nitrogens with zero attached hydrogens (tertiary/aromatic N) is 3. The fourth-order valence-electron chi connectivity index (χ4n) is 1.72. The molecule has 0 radical (unpaired) electrons. The molecule has 0 bridgehead atoms. The Hall–Kier alpha value is -2.84. The van der Waals surface area contributed by atoms with E-state index in [0.717, 1.165) is 12.1 Å². The van der Waals surface area contributed by atoms with Gasteiger partial charge in [0.05, 0.1) is 27.2 Å². The van der Waals surface area contributed by atoms with Crippen LogP contribution in [0.2, 0.25) is 0 Å². The fraction of sp³-hybridized carbons (Fsp3) is 0.286. The third kappa shape index (κ3) is 4.56. The van der Waals surface area contributed by atoms with E-state index in [2.05, 4.69) is 20.3 Å². The maximum absolute atomic E-state index is 13.5. The van der Waals surface area contributed by atoms with E-state index in [9.17, 15) is 13.6 Å². The van der Waals surface area contributed by atoms with Crippen molar-refractivity contribution in [2.75, 3.05) is 14.2 Å². The molecule has 0 atom stereocenters. The molecular weight excluding hydrogens is 310 g/mol. The van der Waals surface area contributed by atoms with Crippen LogP contribution in [-0.2, 0) is 17.8 Å². The maximum Gasteiger partial charge on any atom is 0.322 e. The first-order chi connectivity index (χ1) is 11.0. The molecule has 9 heteroatoms. The van der Waals surface area contributed by atoms with E-state index < -0.39 is 17.5 Å². The van der Waals surface area contributed by atoms with Crippen molar-refractivity contribution in [3.8, 4) is 12.0 Å². The Morgan fingerprint density at radius 2 is 1.78 bits per heavy atom. The lowest BCUT2D eigenvalue weighted by Gasteiger charge is -2.07. The lowest BCUT2D eigenvalue weighted by molar-refractivity contribution is -0.120. The number of benzene rings is 1. The Balaban J connectivity index is 1.99. The predicted octanol–water partition coefficient (Wildman–Crippen LogP) is 1.03. The minimum Gasteiger partial charge on any atom is -0.467 e. The van der Waals surface area contributed by atoms with E-state index in [-0.39, 0.29) is 36.4 Å². The first-order valence-corrected chi connectivity index (χ1v) is 6.55. The number of nitrogens with one attached hydrogen (secondary N) is 1. The predicted molar refractivity (Wildman–Crippen MR) is 74.8 cm³/mol. The van der Waals surface area contributed by atoms with Gasteiger partial charge in [0.1, 0.15) is 11.6 Å². The monoisotopic (exact) mass is 324 g/mol. The minimum atomic E-state index is -0.774. The lowest BCUT2D eigenvalue weighted by atomic mass is 10.1. The topological polar surface area (TPSA) is 86.2 Å². The van der Waals surface area contributed by atoms with Gasteiger partial charge in [-0.1, -0.05) is 6.07 Å². The lowest BCUT2D eigenvalue weighted by Crippen LogP contribution is -2.26. The van der Waals surface area contributed by atoms with Gasteiger partial charge in [0.15, 0.2) is 5.82 Å². The number of carbonyl (C=O) groups is 1. The molecule has 0 aliphatic heterocycles. The summed E-state index contributed by atoms with van der Waals surface area (Å²) >= 11 is 0. The quantitative estimate of drug-likeness (QED) is 0.854. The summed E-state index contributed by atoms with van der Waals surface area (Å²) in [6.07, 6.45) is -0.231. The number of amides is 1. The van der Waals surface area contributed by atoms with Crippen LogP contribution < -0.4 is 14.8 Å². The van der Waals surface area contributed by atoms with Gasteiger partial charge in [0.2, 0.25) is 5.91 Å². The van der Waals surface area contributed by atoms with E-state index in [1.54, 1.807) is 0 Å². The van der Waals surface area contributed by atoms with Crippen LogP contribution in [0.15, 0.2) is 18.2 Å². The van der Waals surface area contributed by atoms with Crippen molar-refractivity contribution in [1.29, 1.82) is 0 Å². The second-order valence-electron chi connectivity index (χ2n) is 4.41. The largest absolute Gasteiger partial charge is 0.467 e. The molecule has 0 saturated carbocycles. The summed E-state index contributed by atoms with van der Waals surface area (Å²) in [7, 11) is 2.77. The first-order valence-electron chi connectivity index (χ1n) is 6.55. The summed E-state index contributed by atoms with van der Waals surface area (Å²) in [5, 5.41) is 2.53. The van der Waals surface area contributed by atoms with Gasteiger partial charge in [0.25, 0.3) is 0 Å². The van der Waals surface area contributed by atoms with E-state index in [0.29, 0.717) is 0 Å². The summed E-state index contributed by atoms with van der Waals surface area (Å²) < 4.78 is 36.1. The van der Waals surface area contributed by atoms with Crippen LogP contribution in [0.1, 0.15) is 11.4 Å². The average Bonchev–Trinajstić information content (AvgIpc) is 2.55. The molecule has 1 N–H and O–H groups in total. The van der Waals surface area contributed by atoms with Gasteiger partial charge in [0, 0.05) is 6.07 Å². The Labute approximate surface area is 130 Å². The smallest absolute Gasteiger partial charge is 0.322 e. The number of rotatable bonds is 6. The van der Waals surface area contributed by atoms with E-state index in [1.807, 2.05) is 0 Å². The van der Waals surface area contributed by atoms with Crippen molar-refractivity contribution >= 4 is 5.91 Å². The average molecular weight is 324 g/mol. The van der Waals surface area contributed by atoms with E-state index in [1.165, 1.54) is 20.3 Å². The van der Waals surface area contributed by atoms with Crippen molar-refractivity contribution < 1.29 is 23.0 Å². The Morgan fingerprint density at radius 3 is 2.35 bits per heavy atom. The third-order valence-electron chi connectivity index (χ3n) is 2.82. The van der Waals surface area contributed by atoms with Crippen molar-refractivity contribution in [2.24, 2.45) is 0 Å². The highest BCUT2D eigenvalue weighted by atomic mass is 19.1. The van der Waals surface area contributed by atoms with Crippen LogP contribution in [0.25, 0.3) is 0 Å². The summed E-state index contributed by atoms with van der Waals surface area (Å²) in [4.78, 5) is 23.5. The molecule has 1 aromatic heterocycles. The van der Waals surface area contributed by atoms with Crippen molar-refractivity contribution in [1.82, 2.24) is 20.3 Å². The number of halogens is 2. The third-order valence-corrected chi connectivity index (χ3v) is 2.82. The van der Waals surface area contributed by atoms with E-state index in [4.69, 9.17) is 9.47 Å². The SMILES string of the molecule is COc1nc(CNC(=O)Cc2ccc(F)cc2F)nc(OC)n1. The molecule has 2 rings (SSSR count). The maximum atomic E-state index is 13.5. The zero-order valence-electron chi connectivity index (χ0n) is 12.5. The molecule has 0 unspecified atom stereocenters. The summed E-state index contributed by atoms with van der Waals surface area (Å²) in [5.41, 5.74) is 0.0923. The molecule has 2 aromatic rings. The first kappa shape index (κ1) is 16.5. The second-order valence-corrected chi connectivity index (χ2v) is 4.41. The molecule has 7 nitrogen and oxygen atoms in total. The molecule has 0 fully saturated rings. The molecule has 122 valence electrons. The Kier molecular flexibility index (Phi) is 5.34. The Morgan fingerprint density at radius 1 is 1.13 bits per heavy atom. The molecule has 1 amide bonds. The van der Waals surface area contributed by atoms with Gasteiger partial charge in [-0.15, -0.1) is 4.98 Å². The van der Waals surface area contributed by atoms with Gasteiger partial charge in [-0.2, -0.15) is 9.97 Å². The molecule has 0 aliphatic carbocycles. The normalized spacial score (nSPS) is 10.3. The number of methoxy groups -OCH3 is 2. The zero-order chi connectivity index (χ0) is 16.8. The van der Waals surface area contributed by atoms with Crippen LogP contribution in [-0.4, -0.2) is 35.1 Å². The highest BCUT2D eigenvalue weighted by molar-refractivity contribution is 5.78. The highest BCUT2D eigenvalue weighted by Gasteiger charge is 2.11. The minimum absolute atomic E-state index is 0.0170. The van der Waals surface area contributed by atoms with Crippen molar-refractivity contribution in [3.05, 3.63) is 41.2 Å². The standard InChI is InChI=1S/C14H14F2N4O3/c1-22-13-18-11(19-14(20-13)23-2)7-17-12(21)5-8-3-4-9(15)6-10(8)16/h3-4,6H,5,7H2,1-2H3,(H,17,21). The molecule has 23 heavy (non-hydrogen) atoms. The molecular formula is C14H14F2N4O3. The molecule has 1 aromatic carbocycles. The Bertz CT molecular complexity index is 690. The summed E-state index contributed by atoms with van der Waals surface area (Å²) in [6, 6.07) is 3.13. The van der Waals surface area contributed by atoms with E-state index >= 15 is 0 Å². The van der Waals surface area contributed by atoms with Crippen LogP contribution in [0.4, 0.5) is 8.78 Å². The zero-order valence-corrected chi connectivity index (χ0v) is 12.5. The molecule has 0 aliphatic rings. The van der Waals surface area contributed by atoms with Crippen molar-refractivity contribution in [3.63, 3.8) is 0 Å². The number of aromatic nitrogens is 3. The van der Waals surface area contributed by atoms with Crippen LogP contribution in [0.3, 0.4) is 0 Å². The molecule has 0 saturated heterocycles. The summed E-state index contributed by atoms with van der Waals surface area (Å²) in [5.74, 6) is -1.71. The van der Waals surface area contributed by atoms with Crippen molar-refractivity contribution in [2.45, 2.75) is 13.0 Å². The second kappa shape index (κ2) is 7.43. The van der Waals surface area contributed by atoms with Crippen LogP contribution in [0.5, 0.6) is 12.0 Å². The number of ether oxygens (including phenoxy) is 2. The molecule has 1 heterocycles. The molecule has 0 spiro atoms. The van der Waals surface area contributed by atoms with Crippen LogP contribution in [0, 0.1) is 11.6 Å². The van der Waals surface area contributed by atoms with Gasteiger partial charge < -0.3 is 14.8 Å². The fourth-order valence-corrected chi connectivity index (χ4v) is 1.72. The summed E-state index contributed by atoms with van der Waals surface area (Å²) in [6.45, 7) is -0.0170. The number of carbonyl (C=O) groups excluding carboxylic acids is 1. The van der Waals surface area contributed by atoms with Crippen LogP contribution >= 0.6 is 0 Å². The highest BCUT2D eigenvalue weighted by Crippen LogP contribution is 2.11. The van der Waals surface area contributed by atoms with Gasteiger partial charge in [-0.3, -0.25) is 4.79 Å². The van der Waals surface area contributed by atoms with Gasteiger partial charge >= 0.3 is 12.0 Å². The number of hydrogen-bond acceptors (Lipinski definition) is 6. The number of hydrogen-bond donors (Lipinski definition) is 1.